The van der Waals surface area contributed by atoms with Crippen LogP contribution in [0.1, 0.15) is 105 Å². The van der Waals surface area contributed by atoms with Crippen LogP contribution in [-0.2, 0) is 21.7 Å². The van der Waals surface area contributed by atoms with E-state index < -0.39 is 0 Å². The number of imidazole rings is 1. The van der Waals surface area contributed by atoms with Crippen molar-refractivity contribution in [2.45, 2.75) is 105 Å². The highest BCUT2D eigenvalue weighted by Gasteiger charge is 2.27. The molecule has 0 spiro atoms. The summed E-state index contributed by atoms with van der Waals surface area (Å²) >= 11 is 0. The van der Waals surface area contributed by atoms with Gasteiger partial charge in [-0.25, -0.2) is 4.98 Å². The number of nitrogens with zero attached hydrogens (tertiary/aromatic N) is 3. The van der Waals surface area contributed by atoms with Gasteiger partial charge in [0.1, 0.15) is 11.6 Å². The van der Waals surface area contributed by atoms with Crippen LogP contribution in [0.4, 0.5) is 0 Å². The van der Waals surface area contributed by atoms with Crippen molar-refractivity contribution < 1.29 is 5.11 Å². The minimum Gasteiger partial charge on any atom is -0.507 e. The molecule has 0 radical (unpaired) electrons. The molecule has 0 amide bonds. The van der Waals surface area contributed by atoms with Gasteiger partial charge in [-0.15, -0.1) is 0 Å². The summed E-state index contributed by atoms with van der Waals surface area (Å²) in [6.07, 6.45) is 1.92. The van der Waals surface area contributed by atoms with Crippen molar-refractivity contribution in [1.82, 2.24) is 14.5 Å². The Labute approximate surface area is 334 Å². The third kappa shape index (κ3) is 7.67. The highest BCUT2D eigenvalue weighted by atomic mass is 16.3. The van der Waals surface area contributed by atoms with Crippen molar-refractivity contribution in [3.63, 3.8) is 0 Å². The molecule has 7 aromatic rings. The Morgan fingerprint density at radius 3 is 1.66 bits per heavy atom. The van der Waals surface area contributed by atoms with Crippen molar-refractivity contribution in [3.8, 4) is 56.3 Å². The molecule has 1 N–H and O–H groups in total. The number of phenolic OH excluding ortho intramolecular Hbond substituents is 1. The molecule has 0 bridgehead atoms. The number of pyridine rings is 1. The standard InChI is InChI=1S/C52H57N3O/c1-49(2,3)37-23-24-53-44(31-37)36-20-16-19-35(25-36)43-30-40(52(10,11)12)32-45-47(43)54-48(42-22-21-34(26-46(42)56)33-17-14-13-15-18-33)55(45)41-28-38(50(4,5)6)27-39(29-41)51(7,8)9/h13-32,56H,1-12H3. The summed E-state index contributed by atoms with van der Waals surface area (Å²) in [4.78, 5) is 10.4. The maximum atomic E-state index is 11.9. The predicted molar refractivity (Wildman–Crippen MR) is 237 cm³/mol. The van der Waals surface area contributed by atoms with E-state index >= 15 is 0 Å². The third-order valence-corrected chi connectivity index (χ3v) is 11.0. The number of benzene rings is 5. The topological polar surface area (TPSA) is 50.9 Å². The van der Waals surface area contributed by atoms with Gasteiger partial charge in [0.05, 0.1) is 22.3 Å². The van der Waals surface area contributed by atoms with Gasteiger partial charge in [-0.3, -0.25) is 9.55 Å². The average Bonchev–Trinajstić information content (AvgIpc) is 3.52. The summed E-state index contributed by atoms with van der Waals surface area (Å²) in [5, 5.41) is 11.9. The largest absolute Gasteiger partial charge is 0.507 e. The van der Waals surface area contributed by atoms with Gasteiger partial charge < -0.3 is 5.11 Å². The number of hydrogen-bond acceptors (Lipinski definition) is 3. The Balaban J connectivity index is 1.56. The number of rotatable bonds is 5. The Bertz CT molecular complexity index is 2530. The number of fused-ring (bicyclic) bond motifs is 1. The quantitative estimate of drug-likeness (QED) is 0.191. The van der Waals surface area contributed by atoms with E-state index in [1.54, 1.807) is 0 Å². The van der Waals surface area contributed by atoms with E-state index in [-0.39, 0.29) is 27.4 Å². The predicted octanol–water partition coefficient (Wildman–Crippen LogP) is 14.0. The fourth-order valence-corrected chi connectivity index (χ4v) is 7.31. The Morgan fingerprint density at radius 2 is 1.05 bits per heavy atom. The molecule has 0 fully saturated rings. The van der Waals surface area contributed by atoms with Gasteiger partial charge in [0.15, 0.2) is 0 Å². The second-order valence-corrected chi connectivity index (χ2v) is 19.5. The Morgan fingerprint density at radius 1 is 0.464 bits per heavy atom. The van der Waals surface area contributed by atoms with Crippen molar-refractivity contribution in [2.24, 2.45) is 0 Å². The molecule has 56 heavy (non-hydrogen) atoms. The van der Waals surface area contributed by atoms with Crippen LogP contribution < -0.4 is 0 Å². The average molecular weight is 740 g/mol. The maximum Gasteiger partial charge on any atom is 0.149 e. The van der Waals surface area contributed by atoms with E-state index in [1.165, 1.54) is 22.3 Å². The maximum absolute atomic E-state index is 11.9. The molecule has 0 saturated heterocycles. The summed E-state index contributed by atoms with van der Waals surface area (Å²) in [7, 11) is 0. The zero-order chi connectivity index (χ0) is 40.4. The van der Waals surface area contributed by atoms with Crippen LogP contribution in [0.15, 0.2) is 121 Å². The van der Waals surface area contributed by atoms with Gasteiger partial charge in [-0.2, -0.15) is 0 Å². The molecule has 0 aliphatic carbocycles. The third-order valence-electron chi connectivity index (χ3n) is 11.0. The lowest BCUT2D eigenvalue weighted by Crippen LogP contribution is -2.17. The van der Waals surface area contributed by atoms with Crippen LogP contribution in [0.25, 0.3) is 61.6 Å². The molecule has 4 nitrogen and oxygen atoms in total. The lowest BCUT2D eigenvalue weighted by molar-refractivity contribution is 0.477. The lowest BCUT2D eigenvalue weighted by Gasteiger charge is -2.27. The molecular formula is C52H57N3O. The van der Waals surface area contributed by atoms with Gasteiger partial charge in [-0.05, 0) is 115 Å². The van der Waals surface area contributed by atoms with Crippen LogP contribution in [0.3, 0.4) is 0 Å². The minimum absolute atomic E-state index is 0.00768. The van der Waals surface area contributed by atoms with Gasteiger partial charge in [0, 0.05) is 23.0 Å². The summed E-state index contributed by atoms with van der Waals surface area (Å²) in [6, 6.07) is 40.8. The molecular weight excluding hydrogens is 683 g/mol. The zero-order valence-corrected chi connectivity index (χ0v) is 35.3. The molecule has 0 unspecified atom stereocenters. The first-order valence-electron chi connectivity index (χ1n) is 19.9. The van der Waals surface area contributed by atoms with E-state index in [0.29, 0.717) is 11.4 Å². The SMILES string of the molecule is CC(C)(C)c1cc(-n2c(-c3ccc(-c4ccccc4)cc3O)nc3c(-c4cccc(-c5cc(C(C)(C)C)ccn5)c4)cc(C(C)(C)C)cc32)cc(C(C)(C)C)c1. The first-order valence-corrected chi connectivity index (χ1v) is 19.9. The van der Waals surface area contributed by atoms with Crippen LogP contribution in [0, 0.1) is 0 Å². The molecule has 0 aliphatic rings. The first-order chi connectivity index (χ1) is 26.2. The molecule has 0 aliphatic heterocycles. The summed E-state index contributed by atoms with van der Waals surface area (Å²) in [5.41, 5.74) is 14.4. The number of hydrogen-bond donors (Lipinski definition) is 1. The summed E-state index contributed by atoms with van der Waals surface area (Å²) in [6.45, 7) is 27.1. The van der Waals surface area contributed by atoms with E-state index in [1.807, 2.05) is 36.5 Å². The van der Waals surface area contributed by atoms with Crippen LogP contribution >= 0.6 is 0 Å². The van der Waals surface area contributed by atoms with E-state index in [9.17, 15) is 5.11 Å². The van der Waals surface area contributed by atoms with Gasteiger partial charge >= 0.3 is 0 Å². The van der Waals surface area contributed by atoms with Crippen molar-refractivity contribution >= 4 is 11.0 Å². The zero-order valence-electron chi connectivity index (χ0n) is 35.3. The molecule has 286 valence electrons. The molecule has 7 rings (SSSR count). The molecule has 5 aromatic carbocycles. The van der Waals surface area contributed by atoms with Crippen molar-refractivity contribution in [3.05, 3.63) is 144 Å². The first kappa shape index (κ1) is 38.8. The van der Waals surface area contributed by atoms with E-state index in [0.717, 1.165) is 50.2 Å². The highest BCUT2D eigenvalue weighted by molar-refractivity contribution is 5.97. The molecule has 4 heteroatoms. The van der Waals surface area contributed by atoms with Crippen LogP contribution in [-0.4, -0.2) is 19.6 Å². The fourth-order valence-electron chi connectivity index (χ4n) is 7.31. The Kier molecular flexibility index (Phi) is 9.64. The minimum atomic E-state index is -0.151. The number of phenols is 1. The fraction of sp³-hybridized carbons (Fsp3) is 0.308. The monoisotopic (exact) mass is 739 g/mol. The second-order valence-electron chi connectivity index (χ2n) is 19.5. The van der Waals surface area contributed by atoms with E-state index in [4.69, 9.17) is 9.97 Å². The smallest absolute Gasteiger partial charge is 0.149 e. The number of aromatic hydroxyl groups is 1. The summed E-state index contributed by atoms with van der Waals surface area (Å²) in [5.74, 6) is 0.890. The van der Waals surface area contributed by atoms with Crippen LogP contribution in [0.2, 0.25) is 0 Å². The lowest BCUT2D eigenvalue weighted by atomic mass is 9.80. The van der Waals surface area contributed by atoms with Gasteiger partial charge in [0.25, 0.3) is 0 Å². The Hall–Kier alpha value is -5.48. The molecule has 0 atom stereocenters. The van der Waals surface area contributed by atoms with E-state index in [2.05, 4.69) is 173 Å². The highest BCUT2D eigenvalue weighted by Crippen LogP contribution is 2.43. The van der Waals surface area contributed by atoms with Gasteiger partial charge in [-0.1, -0.05) is 144 Å². The number of aromatic nitrogens is 3. The van der Waals surface area contributed by atoms with Crippen molar-refractivity contribution in [2.75, 3.05) is 0 Å². The van der Waals surface area contributed by atoms with Crippen LogP contribution in [0.5, 0.6) is 5.75 Å². The second kappa shape index (κ2) is 13.9. The normalized spacial score (nSPS) is 12.7. The van der Waals surface area contributed by atoms with Gasteiger partial charge in [0.2, 0.25) is 0 Å². The molecule has 2 heterocycles. The van der Waals surface area contributed by atoms with Crippen molar-refractivity contribution in [1.29, 1.82) is 0 Å². The molecule has 2 aromatic heterocycles. The molecule has 0 saturated carbocycles. The summed E-state index contributed by atoms with van der Waals surface area (Å²) < 4.78 is 2.29.